The molecule has 0 unspecified atom stereocenters. The molecule has 4 aromatic rings. The van der Waals surface area contributed by atoms with Crippen molar-refractivity contribution < 1.29 is 9.72 Å². The molecule has 1 saturated heterocycles. The van der Waals surface area contributed by atoms with Gasteiger partial charge >= 0.3 is 0 Å². The summed E-state index contributed by atoms with van der Waals surface area (Å²) in [6, 6.07) is 22.8. The molecular formula is C26H23N5O3. The first kappa shape index (κ1) is 21.5. The molecule has 34 heavy (non-hydrogen) atoms. The smallest absolute Gasteiger partial charge is 0.272 e. The summed E-state index contributed by atoms with van der Waals surface area (Å²) in [5.74, 6) is 0.664. The maximum atomic E-state index is 12.9. The maximum Gasteiger partial charge on any atom is 0.272 e. The van der Waals surface area contributed by atoms with Gasteiger partial charge in [-0.25, -0.2) is 0 Å². The normalized spacial score (nSPS) is 13.8. The van der Waals surface area contributed by atoms with E-state index in [1.54, 1.807) is 17.9 Å². The molecule has 1 amide bonds. The van der Waals surface area contributed by atoms with E-state index in [1.807, 2.05) is 30.3 Å². The Kier molecular flexibility index (Phi) is 5.63. The number of nitro benzene ring substituents is 1. The Hall–Kier alpha value is -4.33. The van der Waals surface area contributed by atoms with Crippen LogP contribution in [0.1, 0.15) is 15.9 Å². The molecule has 0 aliphatic carbocycles. The van der Waals surface area contributed by atoms with Crippen molar-refractivity contribution in [3.8, 4) is 11.3 Å². The first-order valence-corrected chi connectivity index (χ1v) is 11.1. The molecule has 8 nitrogen and oxygen atoms in total. The fourth-order valence-electron chi connectivity index (χ4n) is 4.40. The van der Waals surface area contributed by atoms with Gasteiger partial charge in [-0.05, 0) is 42.0 Å². The highest BCUT2D eigenvalue weighted by Crippen LogP contribution is 2.28. The third-order valence-corrected chi connectivity index (χ3v) is 6.25. The zero-order valence-corrected chi connectivity index (χ0v) is 18.7. The van der Waals surface area contributed by atoms with Gasteiger partial charge in [0.15, 0.2) is 5.82 Å². The summed E-state index contributed by atoms with van der Waals surface area (Å²) >= 11 is 0. The van der Waals surface area contributed by atoms with Gasteiger partial charge in [0.05, 0.1) is 10.6 Å². The molecule has 0 atom stereocenters. The van der Waals surface area contributed by atoms with Gasteiger partial charge < -0.3 is 9.80 Å². The number of fused-ring (bicyclic) bond motifs is 1. The van der Waals surface area contributed by atoms with E-state index >= 15 is 0 Å². The van der Waals surface area contributed by atoms with E-state index in [0.717, 1.165) is 27.8 Å². The standard InChI is InChI=1S/C26H23N5O3/c1-18-17-20(9-11-24(18)31(33)34)26(32)30-15-13-29(14-16-30)25-12-10-23(27-28-25)22-8-4-6-19-5-2-3-7-21(19)22/h2-12,17H,13-16H2,1H3. The van der Waals surface area contributed by atoms with Gasteiger partial charge in [-0.15, -0.1) is 10.2 Å². The molecule has 1 aromatic heterocycles. The summed E-state index contributed by atoms with van der Waals surface area (Å²) in [7, 11) is 0. The van der Waals surface area contributed by atoms with Crippen LogP contribution < -0.4 is 4.90 Å². The zero-order valence-electron chi connectivity index (χ0n) is 18.7. The Morgan fingerprint density at radius 3 is 2.38 bits per heavy atom. The summed E-state index contributed by atoms with van der Waals surface area (Å²) in [4.78, 5) is 27.4. The topological polar surface area (TPSA) is 92.5 Å². The lowest BCUT2D eigenvalue weighted by Gasteiger charge is -2.35. The van der Waals surface area contributed by atoms with Crippen molar-refractivity contribution >= 4 is 28.2 Å². The van der Waals surface area contributed by atoms with E-state index in [1.165, 1.54) is 12.1 Å². The number of hydrogen-bond donors (Lipinski definition) is 0. The van der Waals surface area contributed by atoms with Crippen molar-refractivity contribution in [2.45, 2.75) is 6.92 Å². The average Bonchev–Trinajstić information content (AvgIpc) is 2.88. The van der Waals surface area contributed by atoms with Crippen molar-refractivity contribution in [1.82, 2.24) is 15.1 Å². The first-order valence-electron chi connectivity index (χ1n) is 11.1. The number of piperazine rings is 1. The van der Waals surface area contributed by atoms with Crippen molar-refractivity contribution in [3.05, 3.63) is 94.0 Å². The lowest BCUT2D eigenvalue weighted by molar-refractivity contribution is -0.385. The number of hydrogen-bond acceptors (Lipinski definition) is 6. The summed E-state index contributed by atoms with van der Waals surface area (Å²) in [6.07, 6.45) is 0. The number of carbonyl (C=O) groups is 1. The number of rotatable bonds is 4. The van der Waals surface area contributed by atoms with Crippen LogP contribution in [0.15, 0.2) is 72.8 Å². The van der Waals surface area contributed by atoms with Gasteiger partial charge in [-0.3, -0.25) is 14.9 Å². The highest BCUT2D eigenvalue weighted by atomic mass is 16.6. The number of nitro groups is 1. The molecule has 5 rings (SSSR count). The lowest BCUT2D eigenvalue weighted by Crippen LogP contribution is -2.49. The van der Waals surface area contributed by atoms with Crippen LogP contribution in [-0.2, 0) is 0 Å². The zero-order chi connectivity index (χ0) is 23.7. The third-order valence-electron chi connectivity index (χ3n) is 6.25. The van der Waals surface area contributed by atoms with E-state index in [9.17, 15) is 14.9 Å². The molecule has 8 heteroatoms. The summed E-state index contributed by atoms with van der Waals surface area (Å²) in [5, 5.41) is 22.3. The fourth-order valence-corrected chi connectivity index (χ4v) is 4.40. The van der Waals surface area contributed by atoms with Crippen molar-refractivity contribution in [2.24, 2.45) is 0 Å². The van der Waals surface area contributed by atoms with Crippen LogP contribution in [-0.4, -0.2) is 52.1 Å². The molecule has 2 heterocycles. The SMILES string of the molecule is Cc1cc(C(=O)N2CCN(c3ccc(-c4cccc5ccccc45)nn3)CC2)ccc1[N+](=O)[O-]. The van der Waals surface area contributed by atoms with E-state index in [2.05, 4.69) is 39.4 Å². The number of aryl methyl sites for hydroxylation is 1. The third kappa shape index (κ3) is 4.05. The quantitative estimate of drug-likeness (QED) is 0.334. The van der Waals surface area contributed by atoms with Crippen LogP contribution in [0.25, 0.3) is 22.0 Å². The lowest BCUT2D eigenvalue weighted by atomic mass is 10.0. The second-order valence-corrected chi connectivity index (χ2v) is 8.34. The second kappa shape index (κ2) is 8.90. The van der Waals surface area contributed by atoms with Crippen LogP contribution >= 0.6 is 0 Å². The molecule has 1 aliphatic heterocycles. The van der Waals surface area contributed by atoms with Gasteiger partial charge in [0.25, 0.3) is 11.6 Å². The van der Waals surface area contributed by atoms with E-state index in [4.69, 9.17) is 0 Å². The van der Waals surface area contributed by atoms with Crippen LogP contribution in [0.2, 0.25) is 0 Å². The van der Waals surface area contributed by atoms with Crippen molar-refractivity contribution in [2.75, 3.05) is 31.1 Å². The van der Waals surface area contributed by atoms with Gasteiger partial charge in [-0.2, -0.15) is 0 Å². The number of aromatic nitrogens is 2. The second-order valence-electron chi connectivity index (χ2n) is 8.34. The highest BCUT2D eigenvalue weighted by Gasteiger charge is 2.24. The number of benzene rings is 3. The minimum absolute atomic E-state index is 0.0203. The minimum Gasteiger partial charge on any atom is -0.352 e. The Morgan fingerprint density at radius 2 is 1.68 bits per heavy atom. The predicted octanol–water partition coefficient (Wildman–Crippen LogP) is 4.48. The minimum atomic E-state index is -0.436. The van der Waals surface area contributed by atoms with Crippen LogP contribution in [0.5, 0.6) is 0 Å². The van der Waals surface area contributed by atoms with Gasteiger partial charge in [-0.1, -0.05) is 42.5 Å². The van der Waals surface area contributed by atoms with E-state index < -0.39 is 4.92 Å². The molecule has 170 valence electrons. The largest absolute Gasteiger partial charge is 0.352 e. The summed E-state index contributed by atoms with van der Waals surface area (Å²) < 4.78 is 0. The molecule has 0 spiro atoms. The number of nitrogens with zero attached hydrogens (tertiary/aromatic N) is 5. The molecule has 0 N–H and O–H groups in total. The molecule has 0 bridgehead atoms. The molecular weight excluding hydrogens is 430 g/mol. The molecule has 0 saturated carbocycles. The van der Waals surface area contributed by atoms with E-state index in [-0.39, 0.29) is 11.6 Å². The molecule has 0 radical (unpaired) electrons. The van der Waals surface area contributed by atoms with E-state index in [0.29, 0.717) is 37.3 Å². The first-order chi connectivity index (χ1) is 16.5. The van der Waals surface area contributed by atoms with Crippen LogP contribution in [0.4, 0.5) is 11.5 Å². The van der Waals surface area contributed by atoms with Gasteiger partial charge in [0, 0.05) is 48.9 Å². The number of amides is 1. The Morgan fingerprint density at radius 1 is 0.912 bits per heavy atom. The Labute approximate surface area is 196 Å². The Balaban J connectivity index is 1.26. The van der Waals surface area contributed by atoms with Crippen LogP contribution in [0.3, 0.4) is 0 Å². The Bertz CT molecular complexity index is 1370. The van der Waals surface area contributed by atoms with Crippen molar-refractivity contribution in [1.29, 1.82) is 0 Å². The van der Waals surface area contributed by atoms with Crippen LogP contribution in [0, 0.1) is 17.0 Å². The highest BCUT2D eigenvalue weighted by molar-refractivity contribution is 5.96. The number of carbonyl (C=O) groups excluding carboxylic acids is 1. The van der Waals surface area contributed by atoms with Gasteiger partial charge in [0.1, 0.15) is 0 Å². The predicted molar refractivity (Wildman–Crippen MR) is 131 cm³/mol. The fraction of sp³-hybridized carbons (Fsp3) is 0.192. The molecule has 1 aliphatic rings. The van der Waals surface area contributed by atoms with Gasteiger partial charge in [0.2, 0.25) is 0 Å². The monoisotopic (exact) mass is 453 g/mol. The summed E-state index contributed by atoms with van der Waals surface area (Å²) in [6.45, 7) is 4.01. The molecule has 3 aromatic carbocycles. The maximum absolute atomic E-state index is 12.9. The summed E-state index contributed by atoms with van der Waals surface area (Å²) in [5.41, 5.74) is 2.84. The average molecular weight is 454 g/mol. The number of anilines is 1. The molecule has 1 fully saturated rings. The van der Waals surface area contributed by atoms with Crippen molar-refractivity contribution in [3.63, 3.8) is 0 Å².